The van der Waals surface area contributed by atoms with E-state index < -0.39 is 0 Å². The zero-order valence-corrected chi connectivity index (χ0v) is 12.2. The first kappa shape index (κ1) is 13.8. The van der Waals surface area contributed by atoms with E-state index in [0.717, 1.165) is 13.1 Å². The number of nitrogens with zero attached hydrogens (tertiary/aromatic N) is 2. The third-order valence-corrected chi connectivity index (χ3v) is 5.46. The van der Waals surface area contributed by atoms with Crippen LogP contribution in [0, 0.1) is 5.92 Å². The monoisotopic (exact) mass is 267 g/mol. The quantitative estimate of drug-likeness (QED) is 0.785. The predicted molar refractivity (Wildman–Crippen MR) is 77.0 cm³/mol. The van der Waals surface area contributed by atoms with Crippen molar-refractivity contribution in [3.8, 4) is 0 Å². The summed E-state index contributed by atoms with van der Waals surface area (Å²) in [6.07, 6.45) is 6.56. The minimum atomic E-state index is 0.169. The van der Waals surface area contributed by atoms with E-state index >= 15 is 0 Å². The number of nitrogens with two attached hydrogens (primary N) is 1. The fourth-order valence-electron chi connectivity index (χ4n) is 4.08. The average molecular weight is 267 g/mol. The van der Waals surface area contributed by atoms with Crippen molar-refractivity contribution in [2.75, 3.05) is 26.2 Å². The molecule has 3 aliphatic rings. The molecule has 2 heterocycles. The van der Waals surface area contributed by atoms with Crippen LogP contribution in [-0.4, -0.2) is 65.3 Å². The van der Waals surface area contributed by atoms with Gasteiger partial charge in [-0.25, -0.2) is 0 Å². The summed E-state index contributed by atoms with van der Waals surface area (Å²) in [5.74, 6) is 0.661. The van der Waals surface area contributed by atoms with Gasteiger partial charge in [0.05, 0.1) is 6.61 Å². The van der Waals surface area contributed by atoms with Crippen molar-refractivity contribution >= 4 is 0 Å². The van der Waals surface area contributed by atoms with E-state index in [1.54, 1.807) is 0 Å². The van der Waals surface area contributed by atoms with Crippen LogP contribution in [0.5, 0.6) is 0 Å². The predicted octanol–water partition coefficient (Wildman–Crippen LogP) is 0.643. The van der Waals surface area contributed by atoms with Crippen molar-refractivity contribution in [3.05, 3.63) is 0 Å². The van der Waals surface area contributed by atoms with Crippen LogP contribution in [0.15, 0.2) is 0 Å². The van der Waals surface area contributed by atoms with Crippen LogP contribution in [-0.2, 0) is 0 Å². The summed E-state index contributed by atoms with van der Waals surface area (Å²) in [4.78, 5) is 5.16. The third-order valence-electron chi connectivity index (χ3n) is 5.46. The maximum atomic E-state index is 9.80. The van der Waals surface area contributed by atoms with Crippen LogP contribution in [0.3, 0.4) is 0 Å². The summed E-state index contributed by atoms with van der Waals surface area (Å²) in [5.41, 5.74) is 6.38. The van der Waals surface area contributed by atoms with Gasteiger partial charge in [-0.05, 0) is 45.1 Å². The fraction of sp³-hybridized carbons (Fsp3) is 1.00. The van der Waals surface area contributed by atoms with E-state index in [9.17, 15) is 5.11 Å². The molecule has 3 rings (SSSR count). The molecular formula is C15H29N3O. The van der Waals surface area contributed by atoms with E-state index in [1.165, 1.54) is 38.6 Å². The summed E-state index contributed by atoms with van der Waals surface area (Å²) >= 11 is 0. The zero-order valence-electron chi connectivity index (χ0n) is 12.2. The number of rotatable bonds is 4. The zero-order chi connectivity index (χ0) is 13.4. The Morgan fingerprint density at radius 3 is 2.68 bits per heavy atom. The highest BCUT2D eigenvalue weighted by Gasteiger charge is 2.41. The summed E-state index contributed by atoms with van der Waals surface area (Å²) in [5, 5.41) is 9.80. The van der Waals surface area contributed by atoms with Gasteiger partial charge in [0, 0.05) is 37.3 Å². The Bertz CT molecular complexity index is 308. The summed E-state index contributed by atoms with van der Waals surface area (Å²) in [7, 11) is 0. The Morgan fingerprint density at radius 2 is 2.00 bits per heavy atom. The smallest absolute Gasteiger partial charge is 0.0602 e. The summed E-state index contributed by atoms with van der Waals surface area (Å²) < 4.78 is 0. The highest BCUT2D eigenvalue weighted by molar-refractivity contribution is 4.98. The number of fused-ring (bicyclic) bond motifs is 1. The van der Waals surface area contributed by atoms with Gasteiger partial charge in [-0.15, -0.1) is 0 Å². The lowest BCUT2D eigenvalue weighted by Gasteiger charge is -2.50. The molecule has 4 heteroatoms. The van der Waals surface area contributed by atoms with Gasteiger partial charge in [-0.3, -0.25) is 9.80 Å². The Hall–Kier alpha value is -0.160. The minimum Gasteiger partial charge on any atom is -0.395 e. The topological polar surface area (TPSA) is 52.7 Å². The van der Waals surface area contributed by atoms with Crippen LogP contribution in [0.25, 0.3) is 0 Å². The molecule has 1 saturated carbocycles. The van der Waals surface area contributed by atoms with E-state index in [4.69, 9.17) is 5.73 Å². The van der Waals surface area contributed by atoms with Crippen LogP contribution in [0.2, 0.25) is 0 Å². The van der Waals surface area contributed by atoms with Crippen molar-refractivity contribution in [1.29, 1.82) is 0 Å². The lowest BCUT2D eigenvalue weighted by molar-refractivity contribution is -0.0288. The van der Waals surface area contributed by atoms with Gasteiger partial charge in [-0.2, -0.15) is 0 Å². The van der Waals surface area contributed by atoms with E-state index in [0.29, 0.717) is 18.0 Å². The molecule has 3 fully saturated rings. The molecule has 0 bridgehead atoms. The van der Waals surface area contributed by atoms with Crippen LogP contribution < -0.4 is 5.73 Å². The summed E-state index contributed by atoms with van der Waals surface area (Å²) in [6, 6.07) is 1.57. The van der Waals surface area contributed by atoms with Crippen molar-refractivity contribution in [2.45, 2.75) is 63.2 Å². The van der Waals surface area contributed by atoms with Gasteiger partial charge in [0.2, 0.25) is 0 Å². The molecule has 4 nitrogen and oxygen atoms in total. The minimum absolute atomic E-state index is 0.169. The van der Waals surface area contributed by atoms with Gasteiger partial charge in [0.25, 0.3) is 0 Å². The number of piperidine rings is 1. The SMILES string of the molecule is CC1CN2CCCCC2CN1C(CO)C(N)C1CC1. The average Bonchev–Trinajstić information content (AvgIpc) is 3.24. The van der Waals surface area contributed by atoms with Crippen molar-refractivity contribution in [2.24, 2.45) is 11.7 Å². The first-order chi connectivity index (χ1) is 9.20. The standard InChI is InChI=1S/C15H29N3O/c1-11-8-17-7-3-2-4-13(17)9-18(11)14(10-19)15(16)12-5-6-12/h11-15,19H,2-10,16H2,1H3. The molecule has 2 aliphatic heterocycles. The number of hydrogen-bond donors (Lipinski definition) is 2. The molecular weight excluding hydrogens is 238 g/mol. The van der Waals surface area contributed by atoms with Gasteiger partial charge in [0.1, 0.15) is 0 Å². The number of piperazine rings is 1. The molecule has 110 valence electrons. The maximum Gasteiger partial charge on any atom is 0.0602 e. The molecule has 0 aromatic heterocycles. The summed E-state index contributed by atoms with van der Waals surface area (Å²) in [6.45, 7) is 6.04. The van der Waals surface area contributed by atoms with E-state index in [-0.39, 0.29) is 18.7 Å². The van der Waals surface area contributed by atoms with Gasteiger partial charge >= 0.3 is 0 Å². The van der Waals surface area contributed by atoms with Crippen LogP contribution >= 0.6 is 0 Å². The van der Waals surface area contributed by atoms with Crippen LogP contribution in [0.4, 0.5) is 0 Å². The molecule has 2 saturated heterocycles. The molecule has 0 amide bonds. The first-order valence-corrected chi connectivity index (χ1v) is 8.07. The molecule has 3 N–H and O–H groups in total. The Labute approximate surface area is 116 Å². The van der Waals surface area contributed by atoms with Gasteiger partial charge in [0.15, 0.2) is 0 Å². The molecule has 0 radical (unpaired) electrons. The number of aliphatic hydroxyl groups excluding tert-OH is 1. The highest BCUT2D eigenvalue weighted by atomic mass is 16.3. The molecule has 0 spiro atoms. The molecule has 4 atom stereocenters. The van der Waals surface area contributed by atoms with Crippen molar-refractivity contribution in [1.82, 2.24) is 9.80 Å². The van der Waals surface area contributed by atoms with E-state index in [2.05, 4.69) is 16.7 Å². The lowest BCUT2D eigenvalue weighted by Crippen LogP contribution is -2.64. The van der Waals surface area contributed by atoms with E-state index in [1.807, 2.05) is 0 Å². The number of aliphatic hydroxyl groups is 1. The van der Waals surface area contributed by atoms with Crippen molar-refractivity contribution < 1.29 is 5.11 Å². The third kappa shape index (κ3) is 2.82. The Morgan fingerprint density at radius 1 is 1.21 bits per heavy atom. The highest BCUT2D eigenvalue weighted by Crippen LogP contribution is 2.35. The fourth-order valence-corrected chi connectivity index (χ4v) is 4.08. The first-order valence-electron chi connectivity index (χ1n) is 8.07. The van der Waals surface area contributed by atoms with Gasteiger partial charge in [-0.1, -0.05) is 6.42 Å². The molecule has 0 aromatic rings. The largest absolute Gasteiger partial charge is 0.395 e. The molecule has 1 aliphatic carbocycles. The number of hydrogen-bond acceptors (Lipinski definition) is 4. The second-order valence-electron chi connectivity index (χ2n) is 6.86. The second kappa shape index (κ2) is 5.68. The lowest BCUT2D eigenvalue weighted by atomic mass is 9.93. The second-order valence-corrected chi connectivity index (χ2v) is 6.86. The Kier molecular flexibility index (Phi) is 4.13. The van der Waals surface area contributed by atoms with Gasteiger partial charge < -0.3 is 10.8 Å². The Balaban J connectivity index is 1.67. The molecule has 4 unspecified atom stereocenters. The normalized spacial score (nSPS) is 36.8. The van der Waals surface area contributed by atoms with Crippen molar-refractivity contribution in [3.63, 3.8) is 0 Å². The maximum absolute atomic E-state index is 9.80. The molecule has 19 heavy (non-hydrogen) atoms. The molecule has 0 aromatic carbocycles. The van der Waals surface area contributed by atoms with Crippen LogP contribution in [0.1, 0.15) is 39.0 Å².